The Balaban J connectivity index is 0.00000218. The van der Waals surface area contributed by atoms with Gasteiger partial charge in [-0.05, 0) is 30.2 Å². The number of nitrogens with zero attached hydrogens (tertiary/aromatic N) is 5. The Bertz CT molecular complexity index is 1150. The van der Waals surface area contributed by atoms with Crippen LogP contribution in [0.2, 0.25) is 0 Å². The van der Waals surface area contributed by atoms with Gasteiger partial charge < -0.3 is 20.1 Å². The van der Waals surface area contributed by atoms with Gasteiger partial charge in [0, 0.05) is 37.8 Å². The Morgan fingerprint density at radius 3 is 2.63 bits per heavy atom. The topological polar surface area (TPSA) is 92.0 Å². The maximum Gasteiger partial charge on any atom is 0.228 e. The molecule has 1 aromatic carbocycles. The lowest BCUT2D eigenvalue weighted by atomic mass is 10.0. The monoisotopic (exact) mass is 425 g/mol. The van der Waals surface area contributed by atoms with Crippen LogP contribution in [-0.2, 0) is 0 Å². The number of fused-ring (bicyclic) bond motifs is 3. The molecule has 156 valence electrons. The normalized spacial score (nSPS) is 14.3. The Kier molecular flexibility index (Phi) is 5.69. The molecule has 9 heteroatoms. The highest BCUT2D eigenvalue weighted by Gasteiger charge is 2.16. The van der Waals surface area contributed by atoms with Gasteiger partial charge in [-0.3, -0.25) is 0 Å². The molecule has 4 heterocycles. The quantitative estimate of drug-likeness (QED) is 0.509. The molecule has 0 saturated carbocycles. The molecule has 0 spiro atoms. The highest BCUT2D eigenvalue weighted by molar-refractivity contribution is 6.04. The zero-order chi connectivity index (χ0) is 19.8. The van der Waals surface area contributed by atoms with E-state index in [-0.39, 0.29) is 18.3 Å². The number of hydrogen-bond donors (Lipinski definition) is 2. The van der Waals surface area contributed by atoms with Crippen LogP contribution in [0.15, 0.2) is 41.2 Å². The fourth-order valence-corrected chi connectivity index (χ4v) is 3.69. The van der Waals surface area contributed by atoms with Crippen molar-refractivity contribution in [3.8, 4) is 0 Å². The average Bonchev–Trinajstić information content (AvgIpc) is 3.20. The predicted octanol–water partition coefficient (Wildman–Crippen LogP) is 3.86. The maximum absolute atomic E-state index is 5.50. The van der Waals surface area contributed by atoms with Crippen LogP contribution in [-0.4, -0.2) is 46.3 Å². The first kappa shape index (κ1) is 20.3. The van der Waals surface area contributed by atoms with Gasteiger partial charge >= 0.3 is 0 Å². The lowest BCUT2D eigenvalue weighted by Gasteiger charge is -2.29. The summed E-state index contributed by atoms with van der Waals surface area (Å²) >= 11 is 0. The van der Waals surface area contributed by atoms with Crippen molar-refractivity contribution >= 4 is 51.7 Å². The van der Waals surface area contributed by atoms with Crippen LogP contribution in [0.4, 0.5) is 17.5 Å². The molecular formula is C21H24ClN7O. The van der Waals surface area contributed by atoms with E-state index in [0.29, 0.717) is 11.8 Å². The molecule has 0 radical (unpaired) electrons. The molecule has 2 N–H and O–H groups in total. The summed E-state index contributed by atoms with van der Waals surface area (Å²) in [6.07, 6.45) is 3.71. The zero-order valence-corrected chi connectivity index (χ0v) is 17.7. The third-order valence-electron chi connectivity index (χ3n) is 5.23. The molecule has 3 aromatic heterocycles. The third kappa shape index (κ3) is 3.76. The second kappa shape index (κ2) is 8.41. The Morgan fingerprint density at radius 1 is 1.07 bits per heavy atom. The maximum atomic E-state index is 5.50. The van der Waals surface area contributed by atoms with Crippen molar-refractivity contribution in [2.45, 2.75) is 19.8 Å². The smallest absolute Gasteiger partial charge is 0.228 e. The number of anilines is 3. The second-order valence-electron chi connectivity index (χ2n) is 7.56. The van der Waals surface area contributed by atoms with Gasteiger partial charge in [0.2, 0.25) is 5.95 Å². The van der Waals surface area contributed by atoms with Crippen LogP contribution < -0.4 is 15.5 Å². The van der Waals surface area contributed by atoms with Crippen LogP contribution in [0.1, 0.15) is 25.5 Å². The minimum Gasteiger partial charge on any atom is -0.368 e. The van der Waals surface area contributed by atoms with Crippen LogP contribution in [0, 0.1) is 0 Å². The van der Waals surface area contributed by atoms with Crippen LogP contribution in [0.5, 0.6) is 0 Å². The summed E-state index contributed by atoms with van der Waals surface area (Å²) in [5.41, 5.74) is 3.62. The van der Waals surface area contributed by atoms with Crippen molar-refractivity contribution in [2.75, 3.05) is 36.4 Å². The number of pyridine rings is 1. The number of nitrogens with one attached hydrogen (secondary N) is 2. The molecule has 0 amide bonds. The summed E-state index contributed by atoms with van der Waals surface area (Å²) < 4.78 is 5.50. The first-order valence-electron chi connectivity index (χ1n) is 9.93. The second-order valence-corrected chi connectivity index (χ2v) is 7.56. The highest BCUT2D eigenvalue weighted by Crippen LogP contribution is 2.31. The molecule has 1 aliphatic rings. The summed E-state index contributed by atoms with van der Waals surface area (Å²) in [4.78, 5) is 16.1. The molecule has 1 aliphatic heterocycles. The van der Waals surface area contributed by atoms with E-state index in [1.165, 1.54) is 0 Å². The van der Waals surface area contributed by atoms with Gasteiger partial charge in [-0.15, -0.1) is 12.4 Å². The van der Waals surface area contributed by atoms with Gasteiger partial charge in [0.05, 0.1) is 28.5 Å². The number of rotatable bonds is 4. The van der Waals surface area contributed by atoms with Gasteiger partial charge in [-0.2, -0.15) is 0 Å². The number of benzene rings is 1. The van der Waals surface area contributed by atoms with E-state index in [9.17, 15) is 0 Å². The van der Waals surface area contributed by atoms with Crippen molar-refractivity contribution in [1.29, 1.82) is 0 Å². The van der Waals surface area contributed by atoms with Crippen molar-refractivity contribution in [1.82, 2.24) is 25.4 Å². The largest absolute Gasteiger partial charge is 0.368 e. The molecule has 30 heavy (non-hydrogen) atoms. The summed E-state index contributed by atoms with van der Waals surface area (Å²) in [5.74, 6) is 1.46. The number of piperazine rings is 1. The molecule has 5 rings (SSSR count). The van der Waals surface area contributed by atoms with E-state index in [0.717, 1.165) is 59.4 Å². The Morgan fingerprint density at radius 2 is 1.90 bits per heavy atom. The first-order chi connectivity index (χ1) is 14.2. The fourth-order valence-electron chi connectivity index (χ4n) is 3.69. The van der Waals surface area contributed by atoms with Crippen LogP contribution in [0.25, 0.3) is 21.9 Å². The fraction of sp³-hybridized carbons (Fsp3) is 0.333. The average molecular weight is 426 g/mol. The third-order valence-corrected chi connectivity index (χ3v) is 5.23. The van der Waals surface area contributed by atoms with Gasteiger partial charge in [-0.25, -0.2) is 15.0 Å². The minimum absolute atomic E-state index is 0. The standard InChI is InChI=1S/C21H23N7O.ClH/c1-13(2)19-18-16(29-27-19)5-3-14-11-24-21(26-20(14)18)25-17-6-4-15(12-23-17)28-9-7-22-8-10-28;/h3-6,11-13,22H,7-10H2,1-2H3,(H,23,24,25,26);1H. The summed E-state index contributed by atoms with van der Waals surface area (Å²) in [6.45, 7) is 8.19. The SMILES string of the molecule is CC(C)c1noc2ccc3cnc(Nc4ccc(N5CCNCC5)cn4)nc3c12.Cl. The molecule has 1 fully saturated rings. The van der Waals surface area contributed by atoms with E-state index >= 15 is 0 Å². The highest BCUT2D eigenvalue weighted by atomic mass is 35.5. The van der Waals surface area contributed by atoms with Crippen molar-refractivity contribution in [3.63, 3.8) is 0 Å². The Labute approximate surface area is 180 Å². The zero-order valence-electron chi connectivity index (χ0n) is 16.9. The number of hydrogen-bond acceptors (Lipinski definition) is 8. The molecule has 1 saturated heterocycles. The Hall–Kier alpha value is -2.97. The van der Waals surface area contributed by atoms with E-state index in [1.54, 1.807) is 0 Å². The number of halogens is 1. The summed E-state index contributed by atoms with van der Waals surface area (Å²) in [7, 11) is 0. The molecule has 4 aromatic rings. The first-order valence-corrected chi connectivity index (χ1v) is 9.93. The van der Waals surface area contributed by atoms with E-state index in [2.05, 4.69) is 50.6 Å². The summed E-state index contributed by atoms with van der Waals surface area (Å²) in [6, 6.07) is 7.92. The van der Waals surface area contributed by atoms with Crippen molar-refractivity contribution in [3.05, 3.63) is 42.4 Å². The molecule has 0 bridgehead atoms. The van der Waals surface area contributed by atoms with E-state index in [4.69, 9.17) is 9.51 Å². The van der Waals surface area contributed by atoms with Crippen molar-refractivity contribution in [2.24, 2.45) is 0 Å². The van der Waals surface area contributed by atoms with Gasteiger partial charge in [0.1, 0.15) is 5.82 Å². The molecule has 0 unspecified atom stereocenters. The van der Waals surface area contributed by atoms with E-state index < -0.39 is 0 Å². The van der Waals surface area contributed by atoms with Crippen LogP contribution >= 0.6 is 12.4 Å². The van der Waals surface area contributed by atoms with Gasteiger partial charge in [-0.1, -0.05) is 19.0 Å². The molecule has 0 aliphatic carbocycles. The van der Waals surface area contributed by atoms with Gasteiger partial charge in [0.25, 0.3) is 0 Å². The minimum atomic E-state index is 0. The lowest BCUT2D eigenvalue weighted by molar-refractivity contribution is 0.441. The lowest BCUT2D eigenvalue weighted by Crippen LogP contribution is -2.43. The molecule has 8 nitrogen and oxygen atoms in total. The summed E-state index contributed by atoms with van der Waals surface area (Å²) in [5, 5.41) is 12.7. The van der Waals surface area contributed by atoms with Gasteiger partial charge in [0.15, 0.2) is 5.58 Å². The predicted molar refractivity (Wildman–Crippen MR) is 121 cm³/mol. The molecular weight excluding hydrogens is 402 g/mol. The van der Waals surface area contributed by atoms with Crippen molar-refractivity contribution < 1.29 is 4.52 Å². The molecule has 0 atom stereocenters. The van der Waals surface area contributed by atoms with Crippen LogP contribution in [0.3, 0.4) is 0 Å². The number of aromatic nitrogens is 4. The van der Waals surface area contributed by atoms with E-state index in [1.807, 2.05) is 30.6 Å².